The van der Waals surface area contributed by atoms with Gasteiger partial charge in [-0.05, 0) is 92.7 Å². The zero-order valence-corrected chi connectivity index (χ0v) is 24.4. The van der Waals surface area contributed by atoms with Gasteiger partial charge in [0, 0.05) is 11.1 Å². The number of hydrogen-bond acceptors (Lipinski definition) is 2. The third kappa shape index (κ3) is 4.37. The number of fused-ring (bicyclic) bond motifs is 5. The summed E-state index contributed by atoms with van der Waals surface area (Å²) in [4.78, 5) is 10.5. The monoisotopic (exact) mass is 573 g/mol. The lowest BCUT2D eigenvalue weighted by atomic mass is 9.93. The fourth-order valence-electron chi connectivity index (χ4n) is 6.51. The Kier molecular flexibility index (Phi) is 5.82. The van der Waals surface area contributed by atoms with Gasteiger partial charge in [0.1, 0.15) is 5.52 Å². The van der Waals surface area contributed by atoms with Gasteiger partial charge in [-0.25, -0.2) is 9.97 Å². The summed E-state index contributed by atoms with van der Waals surface area (Å²) in [6.07, 6.45) is 0. The first-order valence-electron chi connectivity index (χ1n) is 15.2. The summed E-state index contributed by atoms with van der Waals surface area (Å²) in [5.41, 5.74) is 12.7. The molecule has 210 valence electrons. The molecule has 9 rings (SSSR count). The maximum Gasteiger partial charge on any atom is 0.165 e. The van der Waals surface area contributed by atoms with Crippen LogP contribution >= 0.6 is 0 Å². The molecule has 2 heterocycles. The van der Waals surface area contributed by atoms with Gasteiger partial charge in [0.05, 0.1) is 16.6 Å². The minimum absolute atomic E-state index is 0.865. The van der Waals surface area contributed by atoms with Crippen LogP contribution in [0.4, 0.5) is 0 Å². The Morgan fingerprint density at radius 2 is 1.00 bits per heavy atom. The summed E-state index contributed by atoms with van der Waals surface area (Å²) in [5, 5.41) is 3.52. The second kappa shape index (κ2) is 10.3. The minimum atomic E-state index is 0.865. The van der Waals surface area contributed by atoms with Crippen molar-refractivity contribution in [3.63, 3.8) is 0 Å². The van der Waals surface area contributed by atoms with Crippen molar-refractivity contribution in [3.8, 4) is 39.1 Å². The lowest BCUT2D eigenvalue weighted by molar-refractivity contribution is 1.14. The van der Waals surface area contributed by atoms with Crippen LogP contribution in [0.3, 0.4) is 0 Å². The highest BCUT2D eigenvalue weighted by atomic mass is 15.1. The molecule has 0 fully saturated rings. The van der Waals surface area contributed by atoms with Crippen LogP contribution in [0.25, 0.3) is 82.9 Å². The smallest absolute Gasteiger partial charge is 0.165 e. The van der Waals surface area contributed by atoms with Crippen LogP contribution in [0.2, 0.25) is 0 Å². The van der Waals surface area contributed by atoms with Crippen LogP contribution in [0.5, 0.6) is 0 Å². The first kappa shape index (κ1) is 25.4. The van der Waals surface area contributed by atoms with E-state index in [4.69, 9.17) is 9.97 Å². The molecule has 7 aromatic carbocycles. The maximum absolute atomic E-state index is 5.28. The molecule has 0 aliphatic carbocycles. The summed E-state index contributed by atoms with van der Waals surface area (Å²) in [5.74, 6) is 0. The molecule has 0 radical (unpaired) electrons. The summed E-state index contributed by atoms with van der Waals surface area (Å²) in [6, 6.07) is 58.0. The van der Waals surface area contributed by atoms with Crippen LogP contribution in [0.15, 0.2) is 164 Å². The predicted molar refractivity (Wildman–Crippen MR) is 188 cm³/mol. The third-order valence-electron chi connectivity index (χ3n) is 8.73. The molecule has 3 nitrogen and oxygen atoms in total. The van der Waals surface area contributed by atoms with E-state index in [1.807, 2.05) is 0 Å². The van der Waals surface area contributed by atoms with Crippen molar-refractivity contribution < 1.29 is 0 Å². The van der Waals surface area contributed by atoms with Gasteiger partial charge in [-0.3, -0.25) is 4.57 Å². The number of rotatable bonds is 4. The van der Waals surface area contributed by atoms with Crippen molar-refractivity contribution >= 4 is 43.9 Å². The summed E-state index contributed by atoms with van der Waals surface area (Å²) < 4.78 is 2.24. The molecule has 0 saturated carbocycles. The van der Waals surface area contributed by atoms with Crippen molar-refractivity contribution in [1.82, 2.24) is 14.5 Å². The van der Waals surface area contributed by atoms with Crippen molar-refractivity contribution in [1.29, 1.82) is 0 Å². The minimum Gasteiger partial charge on any atom is -0.293 e. The Bertz CT molecular complexity index is 2470. The first-order chi connectivity index (χ1) is 22.3. The Labute approximate surface area is 260 Å². The van der Waals surface area contributed by atoms with Gasteiger partial charge in [0.25, 0.3) is 0 Å². The standard InChI is InChI=1S/C42H27N3/c1-3-11-28(12-4-1)33-23-34(29-13-5-2-6-14-29)25-35(24-33)32-20-22-38-39(27-32)43-41-37-17-9-10-18-40(37)45(42(41)44-38)36-21-19-30-15-7-8-16-31(30)26-36/h1-27H. The Balaban J connectivity index is 1.24. The quantitative estimate of drug-likeness (QED) is 0.210. The molecule has 0 aliphatic rings. The van der Waals surface area contributed by atoms with Gasteiger partial charge < -0.3 is 0 Å². The molecule has 3 heteroatoms. The Hall–Kier alpha value is -6.06. The van der Waals surface area contributed by atoms with E-state index in [0.29, 0.717) is 0 Å². The molecule has 0 saturated heterocycles. The molecule has 9 aromatic rings. The molecule has 0 bridgehead atoms. The highest BCUT2D eigenvalue weighted by Gasteiger charge is 2.17. The largest absolute Gasteiger partial charge is 0.293 e. The molecule has 45 heavy (non-hydrogen) atoms. The van der Waals surface area contributed by atoms with Gasteiger partial charge in [-0.1, -0.05) is 115 Å². The summed E-state index contributed by atoms with van der Waals surface area (Å²) in [7, 11) is 0. The predicted octanol–water partition coefficient (Wildman–Crippen LogP) is 10.9. The van der Waals surface area contributed by atoms with Gasteiger partial charge in [-0.15, -0.1) is 0 Å². The van der Waals surface area contributed by atoms with Crippen LogP contribution in [-0.4, -0.2) is 14.5 Å². The van der Waals surface area contributed by atoms with Crippen molar-refractivity contribution in [2.45, 2.75) is 0 Å². The summed E-state index contributed by atoms with van der Waals surface area (Å²) >= 11 is 0. The number of benzene rings is 7. The third-order valence-corrected chi connectivity index (χ3v) is 8.73. The second-order valence-electron chi connectivity index (χ2n) is 11.5. The van der Waals surface area contributed by atoms with Gasteiger partial charge in [0.2, 0.25) is 0 Å². The lowest BCUT2D eigenvalue weighted by Crippen LogP contribution is -1.97. The Morgan fingerprint density at radius 1 is 0.378 bits per heavy atom. The van der Waals surface area contributed by atoms with E-state index >= 15 is 0 Å². The van der Waals surface area contributed by atoms with Gasteiger partial charge in [-0.2, -0.15) is 0 Å². The SMILES string of the molecule is c1ccc(-c2cc(-c3ccccc3)cc(-c3ccc4nc5c(nc4c3)c3ccccc3n5-c3ccc4ccccc4c3)c2)cc1. The molecular weight excluding hydrogens is 546 g/mol. The molecule has 0 N–H and O–H groups in total. The first-order valence-corrected chi connectivity index (χ1v) is 15.2. The van der Waals surface area contributed by atoms with Crippen LogP contribution in [0.1, 0.15) is 0 Å². The summed E-state index contributed by atoms with van der Waals surface area (Å²) in [6.45, 7) is 0. The highest BCUT2D eigenvalue weighted by Crippen LogP contribution is 2.36. The number of aromatic nitrogens is 3. The molecule has 0 spiro atoms. The fraction of sp³-hybridized carbons (Fsp3) is 0. The topological polar surface area (TPSA) is 30.7 Å². The van der Waals surface area contributed by atoms with E-state index < -0.39 is 0 Å². The van der Waals surface area contributed by atoms with Crippen LogP contribution < -0.4 is 0 Å². The second-order valence-corrected chi connectivity index (χ2v) is 11.5. The average Bonchev–Trinajstić information content (AvgIpc) is 3.44. The normalized spacial score (nSPS) is 11.6. The molecule has 0 unspecified atom stereocenters. The van der Waals surface area contributed by atoms with E-state index in [9.17, 15) is 0 Å². The zero-order valence-electron chi connectivity index (χ0n) is 24.4. The number of para-hydroxylation sites is 1. The van der Waals surface area contributed by atoms with Gasteiger partial charge >= 0.3 is 0 Å². The molecule has 0 amide bonds. The van der Waals surface area contributed by atoms with E-state index in [0.717, 1.165) is 49.9 Å². The highest BCUT2D eigenvalue weighted by molar-refractivity contribution is 6.08. The molecular formula is C42H27N3. The molecule has 2 aromatic heterocycles. The zero-order chi connectivity index (χ0) is 29.7. The van der Waals surface area contributed by atoms with Crippen LogP contribution in [0, 0.1) is 0 Å². The van der Waals surface area contributed by atoms with Crippen molar-refractivity contribution in [3.05, 3.63) is 164 Å². The van der Waals surface area contributed by atoms with Crippen LogP contribution in [-0.2, 0) is 0 Å². The van der Waals surface area contributed by atoms with E-state index in [-0.39, 0.29) is 0 Å². The number of hydrogen-bond donors (Lipinski definition) is 0. The molecule has 0 atom stereocenters. The maximum atomic E-state index is 5.28. The van der Waals surface area contributed by atoms with E-state index in [1.54, 1.807) is 0 Å². The number of nitrogens with zero attached hydrogens (tertiary/aromatic N) is 3. The van der Waals surface area contributed by atoms with E-state index in [1.165, 1.54) is 33.0 Å². The van der Waals surface area contributed by atoms with E-state index in [2.05, 4.69) is 168 Å². The lowest BCUT2D eigenvalue weighted by Gasteiger charge is -2.12. The van der Waals surface area contributed by atoms with Gasteiger partial charge in [0.15, 0.2) is 5.65 Å². The Morgan fingerprint density at radius 3 is 1.73 bits per heavy atom. The van der Waals surface area contributed by atoms with Crippen molar-refractivity contribution in [2.24, 2.45) is 0 Å². The fourth-order valence-corrected chi connectivity index (χ4v) is 6.51. The molecule has 0 aliphatic heterocycles. The average molecular weight is 574 g/mol. The van der Waals surface area contributed by atoms with Crippen molar-refractivity contribution in [2.75, 3.05) is 0 Å².